The Morgan fingerprint density at radius 1 is 1.36 bits per heavy atom. The molecule has 0 aliphatic rings. The van der Waals surface area contributed by atoms with Crippen LogP contribution >= 0.6 is 11.6 Å². The van der Waals surface area contributed by atoms with Crippen molar-refractivity contribution in [2.45, 2.75) is 19.4 Å². The standard InChI is InChI=1S/C17H19ClN2O2/c1-20(12-14-10-15(18)6-7-16(14)22-2)17(21)8-5-13-4-3-9-19-11-13/h3-4,6-7,9-11H,5,8,12H2,1-2H3. The quantitative estimate of drug-likeness (QED) is 0.820. The second-order valence-electron chi connectivity index (χ2n) is 5.07. The zero-order valence-electron chi connectivity index (χ0n) is 12.8. The fourth-order valence-corrected chi connectivity index (χ4v) is 2.40. The summed E-state index contributed by atoms with van der Waals surface area (Å²) in [6, 6.07) is 9.26. The van der Waals surface area contributed by atoms with Crippen LogP contribution in [0.2, 0.25) is 5.02 Å². The van der Waals surface area contributed by atoms with Gasteiger partial charge in [-0.1, -0.05) is 17.7 Å². The van der Waals surface area contributed by atoms with Gasteiger partial charge in [-0.05, 0) is 36.2 Å². The Kier molecular flexibility index (Phi) is 5.78. The number of benzene rings is 1. The minimum Gasteiger partial charge on any atom is -0.496 e. The highest BCUT2D eigenvalue weighted by Gasteiger charge is 2.12. The topological polar surface area (TPSA) is 42.4 Å². The third-order valence-corrected chi connectivity index (χ3v) is 3.66. The molecule has 4 nitrogen and oxygen atoms in total. The summed E-state index contributed by atoms with van der Waals surface area (Å²) in [4.78, 5) is 18.0. The van der Waals surface area contributed by atoms with Crippen molar-refractivity contribution in [1.82, 2.24) is 9.88 Å². The zero-order valence-corrected chi connectivity index (χ0v) is 13.5. The van der Waals surface area contributed by atoms with E-state index in [9.17, 15) is 4.79 Å². The lowest BCUT2D eigenvalue weighted by atomic mass is 10.1. The third kappa shape index (κ3) is 4.46. The van der Waals surface area contributed by atoms with Crippen molar-refractivity contribution in [1.29, 1.82) is 0 Å². The van der Waals surface area contributed by atoms with Gasteiger partial charge in [-0.3, -0.25) is 9.78 Å². The maximum Gasteiger partial charge on any atom is 0.222 e. The predicted molar refractivity (Wildman–Crippen MR) is 87.0 cm³/mol. The van der Waals surface area contributed by atoms with Crippen LogP contribution in [0.25, 0.3) is 0 Å². The van der Waals surface area contributed by atoms with Gasteiger partial charge in [0.2, 0.25) is 5.91 Å². The van der Waals surface area contributed by atoms with Crippen LogP contribution in [-0.2, 0) is 17.8 Å². The number of nitrogens with zero attached hydrogens (tertiary/aromatic N) is 2. The molecule has 5 heteroatoms. The van der Waals surface area contributed by atoms with E-state index in [2.05, 4.69) is 4.98 Å². The summed E-state index contributed by atoms with van der Waals surface area (Å²) in [6.45, 7) is 0.468. The van der Waals surface area contributed by atoms with Gasteiger partial charge in [0.25, 0.3) is 0 Å². The van der Waals surface area contributed by atoms with E-state index in [1.165, 1.54) is 0 Å². The Labute approximate surface area is 135 Å². The van der Waals surface area contributed by atoms with Gasteiger partial charge in [-0.15, -0.1) is 0 Å². The Morgan fingerprint density at radius 2 is 2.18 bits per heavy atom. The first-order chi connectivity index (χ1) is 10.6. The van der Waals surface area contributed by atoms with Gasteiger partial charge in [0.15, 0.2) is 0 Å². The largest absolute Gasteiger partial charge is 0.496 e. The van der Waals surface area contributed by atoms with E-state index < -0.39 is 0 Å². The highest BCUT2D eigenvalue weighted by Crippen LogP contribution is 2.24. The van der Waals surface area contributed by atoms with Gasteiger partial charge in [0, 0.05) is 43.0 Å². The summed E-state index contributed by atoms with van der Waals surface area (Å²) in [7, 11) is 3.39. The molecule has 1 amide bonds. The molecule has 0 fully saturated rings. The van der Waals surface area contributed by atoms with Crippen LogP contribution in [0.3, 0.4) is 0 Å². The van der Waals surface area contributed by atoms with E-state index in [4.69, 9.17) is 16.3 Å². The minimum atomic E-state index is 0.0749. The molecule has 0 bridgehead atoms. The van der Waals surface area contributed by atoms with Crippen molar-refractivity contribution < 1.29 is 9.53 Å². The van der Waals surface area contributed by atoms with Crippen LogP contribution in [0.5, 0.6) is 5.75 Å². The number of halogens is 1. The average molecular weight is 319 g/mol. The lowest BCUT2D eigenvalue weighted by molar-refractivity contribution is -0.130. The predicted octanol–water partition coefficient (Wildman–Crippen LogP) is 3.33. The highest BCUT2D eigenvalue weighted by atomic mass is 35.5. The lowest BCUT2D eigenvalue weighted by Crippen LogP contribution is -2.26. The van der Waals surface area contributed by atoms with Gasteiger partial charge in [-0.2, -0.15) is 0 Å². The third-order valence-electron chi connectivity index (χ3n) is 3.43. The molecule has 0 atom stereocenters. The van der Waals surface area contributed by atoms with Gasteiger partial charge < -0.3 is 9.64 Å². The van der Waals surface area contributed by atoms with Crippen LogP contribution in [0, 0.1) is 0 Å². The summed E-state index contributed by atoms with van der Waals surface area (Å²) in [5, 5.41) is 0.631. The normalized spacial score (nSPS) is 10.3. The first kappa shape index (κ1) is 16.3. The highest BCUT2D eigenvalue weighted by molar-refractivity contribution is 6.30. The van der Waals surface area contributed by atoms with Crippen molar-refractivity contribution in [2.24, 2.45) is 0 Å². The van der Waals surface area contributed by atoms with E-state index >= 15 is 0 Å². The Hall–Kier alpha value is -2.07. The number of hydrogen-bond acceptors (Lipinski definition) is 3. The zero-order chi connectivity index (χ0) is 15.9. The van der Waals surface area contributed by atoms with Crippen LogP contribution in [-0.4, -0.2) is 29.9 Å². The maximum atomic E-state index is 12.2. The molecule has 0 radical (unpaired) electrons. The number of pyridine rings is 1. The number of amides is 1. The SMILES string of the molecule is COc1ccc(Cl)cc1CN(C)C(=O)CCc1cccnc1. The van der Waals surface area contributed by atoms with Gasteiger partial charge in [-0.25, -0.2) is 0 Å². The number of aromatic nitrogens is 1. The molecule has 0 N–H and O–H groups in total. The molecule has 0 saturated heterocycles. The van der Waals surface area contributed by atoms with Crippen molar-refractivity contribution >= 4 is 17.5 Å². The van der Waals surface area contributed by atoms with Gasteiger partial charge in [0.05, 0.1) is 7.11 Å². The van der Waals surface area contributed by atoms with Crippen LogP contribution < -0.4 is 4.74 Å². The number of aryl methyl sites for hydroxylation is 1. The van der Waals surface area contributed by atoms with E-state index in [0.717, 1.165) is 16.9 Å². The van der Waals surface area contributed by atoms with Crippen molar-refractivity contribution in [2.75, 3.05) is 14.2 Å². The Bertz CT molecular complexity index is 632. The Balaban J connectivity index is 1.95. The summed E-state index contributed by atoms with van der Waals surface area (Å²) < 4.78 is 5.31. The van der Waals surface area contributed by atoms with Crippen LogP contribution in [0.1, 0.15) is 17.5 Å². The van der Waals surface area contributed by atoms with E-state index in [-0.39, 0.29) is 5.91 Å². The molecule has 0 unspecified atom stereocenters. The van der Waals surface area contributed by atoms with Crippen molar-refractivity contribution in [3.8, 4) is 5.75 Å². The molecule has 1 aromatic carbocycles. The summed E-state index contributed by atoms with van der Waals surface area (Å²) in [6.07, 6.45) is 4.64. The monoisotopic (exact) mass is 318 g/mol. The molecule has 1 aromatic heterocycles. The smallest absolute Gasteiger partial charge is 0.222 e. The molecule has 0 saturated carbocycles. The summed E-state index contributed by atoms with van der Waals surface area (Å²) in [5.74, 6) is 0.808. The number of methoxy groups -OCH3 is 1. The number of carbonyl (C=O) groups excluding carboxylic acids is 1. The minimum absolute atomic E-state index is 0.0749. The van der Waals surface area contributed by atoms with Crippen molar-refractivity contribution in [3.05, 3.63) is 58.9 Å². The average Bonchev–Trinajstić information content (AvgIpc) is 2.53. The van der Waals surface area contributed by atoms with Crippen molar-refractivity contribution in [3.63, 3.8) is 0 Å². The fraction of sp³-hybridized carbons (Fsp3) is 0.294. The molecule has 0 spiro atoms. The Morgan fingerprint density at radius 3 is 2.86 bits per heavy atom. The second kappa shape index (κ2) is 7.80. The number of ether oxygens (including phenoxy) is 1. The molecule has 2 rings (SSSR count). The number of carbonyl (C=O) groups is 1. The van der Waals surface area contributed by atoms with Gasteiger partial charge >= 0.3 is 0 Å². The summed E-state index contributed by atoms with van der Waals surface area (Å²) >= 11 is 6.01. The maximum absolute atomic E-state index is 12.2. The molecule has 116 valence electrons. The number of hydrogen-bond donors (Lipinski definition) is 0. The van der Waals surface area contributed by atoms with Gasteiger partial charge in [0.1, 0.15) is 5.75 Å². The van der Waals surface area contributed by atoms with Crippen LogP contribution in [0.15, 0.2) is 42.7 Å². The first-order valence-electron chi connectivity index (χ1n) is 7.05. The molecular weight excluding hydrogens is 300 g/mol. The summed E-state index contributed by atoms with van der Waals surface area (Å²) in [5.41, 5.74) is 1.96. The molecule has 2 aromatic rings. The van der Waals surface area contributed by atoms with E-state index in [0.29, 0.717) is 24.4 Å². The first-order valence-corrected chi connectivity index (χ1v) is 7.43. The van der Waals surface area contributed by atoms with Crippen LogP contribution in [0.4, 0.5) is 0 Å². The molecule has 0 aliphatic heterocycles. The molecule has 22 heavy (non-hydrogen) atoms. The van der Waals surface area contributed by atoms with E-state index in [1.807, 2.05) is 24.3 Å². The molecule has 0 aliphatic carbocycles. The molecule has 1 heterocycles. The number of rotatable bonds is 6. The van der Waals surface area contributed by atoms with E-state index in [1.54, 1.807) is 37.5 Å². The second-order valence-corrected chi connectivity index (χ2v) is 5.50. The lowest BCUT2D eigenvalue weighted by Gasteiger charge is -2.19. The molecular formula is C17H19ClN2O2. The fourth-order valence-electron chi connectivity index (χ4n) is 2.20.